The second-order valence-corrected chi connectivity index (χ2v) is 7.85. The average molecular weight is 394 g/mol. The molecule has 0 unspecified atom stereocenters. The van der Waals surface area contributed by atoms with Gasteiger partial charge in [-0.05, 0) is 73.7 Å². The van der Waals surface area contributed by atoms with Crippen LogP contribution in [-0.4, -0.2) is 53.7 Å². The number of nitrogens with one attached hydrogen (secondary N) is 1. The van der Waals surface area contributed by atoms with Crippen molar-refractivity contribution in [2.45, 2.75) is 31.7 Å². The van der Waals surface area contributed by atoms with E-state index in [4.69, 9.17) is 4.74 Å². The second kappa shape index (κ2) is 7.87. The fraction of sp³-hybridized carbons (Fsp3) is 0.391. The van der Waals surface area contributed by atoms with Crippen molar-refractivity contribution in [1.29, 1.82) is 0 Å². The highest BCUT2D eigenvalue weighted by Crippen LogP contribution is 2.27. The molecule has 1 aliphatic heterocycles. The van der Waals surface area contributed by atoms with Crippen LogP contribution < -0.4 is 10.1 Å². The van der Waals surface area contributed by atoms with Crippen LogP contribution >= 0.6 is 0 Å². The van der Waals surface area contributed by atoms with E-state index in [1.54, 1.807) is 29.2 Å². The van der Waals surface area contributed by atoms with Crippen molar-refractivity contribution in [3.63, 3.8) is 0 Å². The predicted octanol–water partition coefficient (Wildman–Crippen LogP) is 2.19. The average Bonchev–Trinajstić information content (AvgIpc) is 3.18. The van der Waals surface area contributed by atoms with Crippen LogP contribution in [0.3, 0.4) is 0 Å². The van der Waals surface area contributed by atoms with E-state index in [1.807, 2.05) is 25.1 Å². The maximum Gasteiger partial charge on any atom is 0.254 e. The molecule has 0 aromatic heterocycles. The van der Waals surface area contributed by atoms with E-state index < -0.39 is 5.54 Å². The summed E-state index contributed by atoms with van der Waals surface area (Å²) in [7, 11) is 0. The number of aryl methyl sites for hydroxylation is 2. The van der Waals surface area contributed by atoms with E-state index >= 15 is 0 Å². The Labute approximate surface area is 170 Å². The molecule has 0 spiro atoms. The number of nitrogens with zero attached hydrogens (tertiary/aromatic N) is 1. The Morgan fingerprint density at radius 3 is 2.45 bits per heavy atom. The number of hydrogen-bond acceptors (Lipinski definition) is 4. The molecule has 6 nitrogen and oxygen atoms in total. The molecule has 2 amide bonds. The molecular formula is C23H26N2O4. The van der Waals surface area contributed by atoms with Gasteiger partial charge in [0.15, 0.2) is 0 Å². The summed E-state index contributed by atoms with van der Waals surface area (Å²) in [5.41, 5.74) is 2.95. The van der Waals surface area contributed by atoms with Gasteiger partial charge in [0.05, 0.1) is 18.8 Å². The van der Waals surface area contributed by atoms with Crippen molar-refractivity contribution in [3.05, 3.63) is 64.7 Å². The molecule has 2 aliphatic rings. The van der Waals surface area contributed by atoms with Crippen LogP contribution in [0.15, 0.2) is 42.5 Å². The molecule has 1 heterocycles. The van der Waals surface area contributed by atoms with Crippen LogP contribution in [0.5, 0.6) is 5.75 Å². The summed E-state index contributed by atoms with van der Waals surface area (Å²) in [4.78, 5) is 27.1. The summed E-state index contributed by atoms with van der Waals surface area (Å²) in [5.74, 6) is 0.376. The van der Waals surface area contributed by atoms with Gasteiger partial charge in [0.25, 0.3) is 11.8 Å². The standard InChI is InChI=1S/C23H26N2O4/c1-2-29-20-10-8-17(9-11-20)21(27)24-23(15-26)13-25(14-23)22(28)19-7-6-16-4-3-5-18(16)12-19/h6-12,26H,2-5,13-15H2,1H3,(H,24,27). The van der Waals surface area contributed by atoms with E-state index in [9.17, 15) is 14.7 Å². The normalized spacial score (nSPS) is 16.7. The van der Waals surface area contributed by atoms with Crippen LogP contribution in [-0.2, 0) is 12.8 Å². The van der Waals surface area contributed by atoms with Gasteiger partial charge in [-0.2, -0.15) is 0 Å². The zero-order chi connectivity index (χ0) is 20.4. The monoisotopic (exact) mass is 394 g/mol. The number of ether oxygens (including phenoxy) is 1. The number of carbonyl (C=O) groups excluding carboxylic acids is 2. The minimum absolute atomic E-state index is 0.0564. The number of aliphatic hydroxyl groups is 1. The number of fused-ring (bicyclic) bond motifs is 1. The van der Waals surface area contributed by atoms with Crippen molar-refractivity contribution < 1.29 is 19.4 Å². The predicted molar refractivity (Wildman–Crippen MR) is 109 cm³/mol. The highest BCUT2D eigenvalue weighted by atomic mass is 16.5. The third-order valence-corrected chi connectivity index (χ3v) is 5.73. The van der Waals surface area contributed by atoms with Gasteiger partial charge in [-0.1, -0.05) is 6.07 Å². The molecule has 1 aliphatic carbocycles. The number of aliphatic hydroxyl groups excluding tert-OH is 1. The molecule has 29 heavy (non-hydrogen) atoms. The largest absolute Gasteiger partial charge is 0.494 e. The van der Waals surface area contributed by atoms with Gasteiger partial charge in [0.2, 0.25) is 0 Å². The Morgan fingerprint density at radius 1 is 1.07 bits per heavy atom. The van der Waals surface area contributed by atoms with Crippen molar-refractivity contribution in [2.24, 2.45) is 0 Å². The Kier molecular flexibility index (Phi) is 5.28. The number of benzene rings is 2. The van der Waals surface area contributed by atoms with Gasteiger partial charge in [0, 0.05) is 24.2 Å². The lowest BCUT2D eigenvalue weighted by Crippen LogP contribution is -2.73. The number of hydrogen-bond donors (Lipinski definition) is 2. The quantitative estimate of drug-likeness (QED) is 0.787. The topological polar surface area (TPSA) is 78.9 Å². The summed E-state index contributed by atoms with van der Waals surface area (Å²) < 4.78 is 5.39. The van der Waals surface area contributed by atoms with Crippen LogP contribution in [0.25, 0.3) is 0 Å². The summed E-state index contributed by atoms with van der Waals surface area (Å²) in [6.45, 7) is 2.83. The molecule has 1 fully saturated rings. The first-order chi connectivity index (χ1) is 14.0. The molecular weight excluding hydrogens is 368 g/mol. The first-order valence-electron chi connectivity index (χ1n) is 10.1. The highest BCUT2D eigenvalue weighted by Gasteiger charge is 2.46. The van der Waals surface area contributed by atoms with E-state index in [1.165, 1.54) is 11.1 Å². The van der Waals surface area contributed by atoms with Gasteiger partial charge in [-0.3, -0.25) is 9.59 Å². The van der Waals surface area contributed by atoms with Crippen molar-refractivity contribution >= 4 is 11.8 Å². The number of carbonyl (C=O) groups is 2. The van der Waals surface area contributed by atoms with Gasteiger partial charge >= 0.3 is 0 Å². The maximum absolute atomic E-state index is 12.8. The third-order valence-electron chi connectivity index (χ3n) is 5.73. The first kappa shape index (κ1) is 19.5. The highest BCUT2D eigenvalue weighted by molar-refractivity contribution is 5.97. The van der Waals surface area contributed by atoms with Crippen molar-refractivity contribution in [3.8, 4) is 5.75 Å². The summed E-state index contributed by atoms with van der Waals surface area (Å²) in [6, 6.07) is 12.8. The summed E-state index contributed by atoms with van der Waals surface area (Å²) in [5, 5.41) is 12.8. The molecule has 0 atom stereocenters. The molecule has 2 aromatic carbocycles. The van der Waals surface area contributed by atoms with Crippen LogP contribution in [0.2, 0.25) is 0 Å². The Bertz CT molecular complexity index is 917. The lowest BCUT2D eigenvalue weighted by molar-refractivity contribution is 0.00515. The molecule has 2 N–H and O–H groups in total. The minimum atomic E-state index is -0.804. The fourth-order valence-corrected chi connectivity index (χ4v) is 4.12. The van der Waals surface area contributed by atoms with Crippen molar-refractivity contribution in [2.75, 3.05) is 26.3 Å². The molecule has 0 radical (unpaired) electrons. The molecule has 6 heteroatoms. The number of amides is 2. The maximum atomic E-state index is 12.8. The lowest BCUT2D eigenvalue weighted by atomic mass is 9.89. The molecule has 4 rings (SSSR count). The zero-order valence-corrected chi connectivity index (χ0v) is 16.6. The van der Waals surface area contributed by atoms with Crippen molar-refractivity contribution in [1.82, 2.24) is 10.2 Å². The van der Waals surface area contributed by atoms with Gasteiger partial charge in [-0.15, -0.1) is 0 Å². The molecule has 0 saturated carbocycles. The SMILES string of the molecule is CCOc1ccc(C(=O)NC2(CO)CN(C(=O)c3ccc4c(c3)CCC4)C2)cc1. The Hall–Kier alpha value is -2.86. The van der Waals surface area contributed by atoms with Gasteiger partial charge < -0.3 is 20.1 Å². The number of rotatable bonds is 6. The van der Waals surface area contributed by atoms with Gasteiger partial charge in [-0.25, -0.2) is 0 Å². The molecule has 2 aromatic rings. The summed E-state index contributed by atoms with van der Waals surface area (Å²) >= 11 is 0. The summed E-state index contributed by atoms with van der Waals surface area (Å²) in [6.07, 6.45) is 3.25. The minimum Gasteiger partial charge on any atom is -0.494 e. The fourth-order valence-electron chi connectivity index (χ4n) is 4.12. The lowest BCUT2D eigenvalue weighted by Gasteiger charge is -2.49. The van der Waals surface area contributed by atoms with E-state index in [2.05, 4.69) is 5.32 Å². The van der Waals surface area contributed by atoms with E-state index in [0.717, 1.165) is 19.3 Å². The van der Waals surface area contributed by atoms with Crippen LogP contribution in [0.1, 0.15) is 45.2 Å². The Morgan fingerprint density at radius 2 is 1.76 bits per heavy atom. The van der Waals surface area contributed by atoms with Crippen LogP contribution in [0, 0.1) is 0 Å². The number of likely N-dealkylation sites (tertiary alicyclic amines) is 1. The second-order valence-electron chi connectivity index (χ2n) is 7.85. The van der Waals surface area contributed by atoms with Crippen LogP contribution in [0.4, 0.5) is 0 Å². The molecule has 0 bridgehead atoms. The smallest absolute Gasteiger partial charge is 0.254 e. The Balaban J connectivity index is 1.38. The van der Waals surface area contributed by atoms with E-state index in [-0.39, 0.29) is 18.4 Å². The third kappa shape index (κ3) is 3.85. The molecule has 152 valence electrons. The first-order valence-corrected chi connectivity index (χ1v) is 10.1. The van der Waals surface area contributed by atoms with Gasteiger partial charge in [0.1, 0.15) is 5.75 Å². The van der Waals surface area contributed by atoms with E-state index in [0.29, 0.717) is 36.6 Å². The molecule has 1 saturated heterocycles. The zero-order valence-electron chi connectivity index (χ0n) is 16.6.